The van der Waals surface area contributed by atoms with Crippen LogP contribution in [-0.2, 0) is 39.1 Å². The van der Waals surface area contributed by atoms with Crippen molar-refractivity contribution in [2.75, 3.05) is 0 Å². The molecule has 0 saturated carbocycles. The zero-order chi connectivity index (χ0) is 9.84. The van der Waals surface area contributed by atoms with Gasteiger partial charge in [-0.1, -0.05) is 27.7 Å². The normalized spacial score (nSPS) is 11.1. The minimum Gasteiger partial charge on any atom is -0.353 e. The smallest absolute Gasteiger partial charge is 0 e. The molecule has 1 aliphatic carbocycles. The minimum atomic E-state index is 0. The first kappa shape index (κ1) is 14.0. The summed E-state index contributed by atoms with van der Waals surface area (Å²) < 4.78 is 0. The molecule has 1 nitrogen and oxygen atoms in total. The molecule has 1 aromatic heterocycles. The van der Waals surface area contributed by atoms with Gasteiger partial charge in [0.1, 0.15) is 0 Å². The molecule has 2 rings (SSSR count). The fraction of sp³-hybridized carbons (Fsp3) is 0.417. The summed E-state index contributed by atoms with van der Waals surface area (Å²) >= 11 is 0. The van der Waals surface area contributed by atoms with E-state index in [0.717, 1.165) is 17.7 Å². The maximum Gasteiger partial charge on any atom is 0 e. The number of hydrogen-bond acceptors (Lipinski definition) is 1. The van der Waals surface area contributed by atoms with E-state index in [2.05, 4.69) is 30.1 Å². The van der Waals surface area contributed by atoms with Crippen LogP contribution in [0.3, 0.4) is 0 Å². The molecule has 0 bridgehead atoms. The summed E-state index contributed by atoms with van der Waals surface area (Å²) in [6.07, 6.45) is 5.20. The van der Waals surface area contributed by atoms with Crippen LogP contribution >= 0.6 is 0 Å². The summed E-state index contributed by atoms with van der Waals surface area (Å²) in [5.41, 5.74) is 4.61. The molecule has 2 heteroatoms. The van der Waals surface area contributed by atoms with E-state index in [1.807, 2.05) is 20.8 Å². The first-order valence-corrected chi connectivity index (χ1v) is 4.83. The molecule has 73 valence electrons. The van der Waals surface area contributed by atoms with Gasteiger partial charge in [-0.2, -0.15) is 0 Å². The van der Waals surface area contributed by atoms with E-state index >= 15 is 0 Å². The number of nitrogens with zero attached hydrogens (tertiary/aromatic N) is 1. The molecule has 0 aromatic carbocycles. The number of rotatable bonds is 0. The van der Waals surface area contributed by atoms with Crippen molar-refractivity contribution >= 4 is 6.08 Å². The van der Waals surface area contributed by atoms with Crippen LogP contribution in [-0.4, -0.2) is 4.98 Å². The zero-order valence-corrected chi connectivity index (χ0v) is 12.2. The van der Waals surface area contributed by atoms with Gasteiger partial charge in [0.15, 0.2) is 0 Å². The topological polar surface area (TPSA) is 12.9 Å². The largest absolute Gasteiger partial charge is 0.353 e. The van der Waals surface area contributed by atoms with E-state index in [9.17, 15) is 0 Å². The van der Waals surface area contributed by atoms with Gasteiger partial charge < -0.3 is 4.98 Å². The van der Waals surface area contributed by atoms with E-state index in [1.54, 1.807) is 0 Å². The van der Waals surface area contributed by atoms with E-state index < -0.39 is 0 Å². The molecule has 0 saturated heterocycles. The van der Waals surface area contributed by atoms with Gasteiger partial charge in [0.05, 0.1) is 0 Å². The zero-order valence-electron chi connectivity index (χ0n) is 9.39. The molecule has 0 amide bonds. The summed E-state index contributed by atoms with van der Waals surface area (Å²) in [5, 5.41) is 0. The van der Waals surface area contributed by atoms with Crippen molar-refractivity contribution in [1.29, 1.82) is 0 Å². The summed E-state index contributed by atoms with van der Waals surface area (Å²) in [6, 6.07) is 3.31. The van der Waals surface area contributed by atoms with Gasteiger partial charge in [0, 0.05) is 32.7 Å². The Morgan fingerprint density at radius 1 is 1.29 bits per heavy atom. The molecule has 1 radical (unpaired) electrons. The molecule has 1 heterocycles. The number of aryl methyl sites for hydroxylation is 2. The van der Waals surface area contributed by atoms with E-state index in [1.165, 1.54) is 11.3 Å². The Hall–Kier alpha value is -0.00610. The van der Waals surface area contributed by atoms with E-state index in [-0.39, 0.29) is 32.7 Å². The minimum absolute atomic E-state index is 0. The van der Waals surface area contributed by atoms with Crippen LogP contribution in [0.5, 0.6) is 0 Å². The van der Waals surface area contributed by atoms with Crippen LogP contribution in [0.4, 0.5) is 0 Å². The molecule has 1 aliphatic rings. The van der Waals surface area contributed by atoms with E-state index in [4.69, 9.17) is 0 Å². The SMILES string of the molecule is CC.Cc1[c-]c2c(nc1C)CC=C2.[Y]. The van der Waals surface area contributed by atoms with Crippen LogP contribution in [0.1, 0.15) is 36.4 Å². The molecule has 0 unspecified atom stereocenters. The maximum atomic E-state index is 4.46. The van der Waals surface area contributed by atoms with Crippen molar-refractivity contribution in [3.8, 4) is 0 Å². The van der Waals surface area contributed by atoms with Crippen LogP contribution < -0.4 is 0 Å². The third-order valence-corrected chi connectivity index (χ3v) is 2.07. The van der Waals surface area contributed by atoms with Crippen molar-refractivity contribution in [3.63, 3.8) is 0 Å². The molecular weight excluding hydrogens is 247 g/mol. The fourth-order valence-electron chi connectivity index (χ4n) is 1.29. The Kier molecular flexibility index (Phi) is 6.47. The Balaban J connectivity index is 0.000000531. The number of pyridine rings is 1. The Morgan fingerprint density at radius 3 is 2.57 bits per heavy atom. The molecule has 0 atom stereocenters. The predicted octanol–water partition coefficient (Wildman–Crippen LogP) is 3.09. The monoisotopic (exact) mass is 263 g/mol. The molecule has 14 heavy (non-hydrogen) atoms. The third-order valence-electron chi connectivity index (χ3n) is 2.07. The Labute approximate surface area is 112 Å². The van der Waals surface area contributed by atoms with Gasteiger partial charge in [0.25, 0.3) is 0 Å². The van der Waals surface area contributed by atoms with Crippen LogP contribution in [0.2, 0.25) is 0 Å². The second-order valence-electron chi connectivity index (χ2n) is 2.91. The van der Waals surface area contributed by atoms with Gasteiger partial charge in [-0.3, -0.25) is 0 Å². The second-order valence-corrected chi connectivity index (χ2v) is 2.91. The summed E-state index contributed by atoms with van der Waals surface area (Å²) in [7, 11) is 0. The fourth-order valence-corrected chi connectivity index (χ4v) is 1.29. The number of fused-ring (bicyclic) bond motifs is 1. The molecule has 0 aliphatic heterocycles. The first-order valence-electron chi connectivity index (χ1n) is 4.83. The Bertz CT molecular complexity index is 329. The summed E-state index contributed by atoms with van der Waals surface area (Å²) in [6.45, 7) is 8.08. The average Bonchev–Trinajstić information content (AvgIpc) is 2.56. The number of allylic oxidation sites excluding steroid dienone is 1. The van der Waals surface area contributed by atoms with E-state index in [0.29, 0.717) is 0 Å². The van der Waals surface area contributed by atoms with Gasteiger partial charge in [0.2, 0.25) is 0 Å². The van der Waals surface area contributed by atoms with Gasteiger partial charge in [-0.25, -0.2) is 0 Å². The maximum absolute atomic E-state index is 4.46. The molecule has 0 spiro atoms. The van der Waals surface area contributed by atoms with Crippen LogP contribution in [0.15, 0.2) is 6.08 Å². The molecular formula is C12H16NY-. The van der Waals surface area contributed by atoms with Crippen LogP contribution in [0, 0.1) is 19.9 Å². The number of aromatic nitrogens is 1. The summed E-state index contributed by atoms with van der Waals surface area (Å²) in [5.74, 6) is 0. The third kappa shape index (κ3) is 3.00. The van der Waals surface area contributed by atoms with Crippen molar-refractivity contribution < 1.29 is 32.7 Å². The van der Waals surface area contributed by atoms with Crippen molar-refractivity contribution in [2.45, 2.75) is 34.1 Å². The molecule has 0 fully saturated rings. The van der Waals surface area contributed by atoms with Crippen molar-refractivity contribution in [3.05, 3.63) is 34.7 Å². The van der Waals surface area contributed by atoms with Gasteiger partial charge in [-0.05, 0) is 17.8 Å². The Morgan fingerprint density at radius 2 is 1.93 bits per heavy atom. The predicted molar refractivity (Wildman–Crippen MR) is 56.6 cm³/mol. The first-order chi connectivity index (χ1) is 6.27. The number of hydrogen-bond donors (Lipinski definition) is 0. The van der Waals surface area contributed by atoms with Gasteiger partial charge in [-0.15, -0.1) is 29.3 Å². The van der Waals surface area contributed by atoms with Crippen molar-refractivity contribution in [1.82, 2.24) is 4.98 Å². The quantitative estimate of drug-likeness (QED) is 0.655. The van der Waals surface area contributed by atoms with Gasteiger partial charge >= 0.3 is 0 Å². The average molecular weight is 263 g/mol. The van der Waals surface area contributed by atoms with Crippen molar-refractivity contribution in [2.24, 2.45) is 0 Å². The second kappa shape index (κ2) is 6.47. The molecule has 0 N–H and O–H groups in total. The summed E-state index contributed by atoms with van der Waals surface area (Å²) in [4.78, 5) is 4.46. The standard InChI is InChI=1S/C10H10N.C2H6.Y/c1-7-6-9-4-3-5-10(9)11-8(7)2;1-2;/h3-4H,5H2,1-2H3;1-2H3;/q-1;;. The molecule has 1 aromatic rings. The van der Waals surface area contributed by atoms with Crippen LogP contribution in [0.25, 0.3) is 6.08 Å².